The molecule has 0 aliphatic carbocycles. The Bertz CT molecular complexity index is 974. The summed E-state index contributed by atoms with van der Waals surface area (Å²) in [7, 11) is -0.815. The van der Waals surface area contributed by atoms with Crippen LogP contribution in [0.2, 0.25) is 18.1 Å². The zero-order valence-electron chi connectivity index (χ0n) is 20.2. The third-order valence-electron chi connectivity index (χ3n) is 6.25. The molecule has 0 aliphatic heterocycles. The van der Waals surface area contributed by atoms with Crippen molar-refractivity contribution >= 4 is 36.3 Å². The first-order valence-electron chi connectivity index (χ1n) is 10.8. The third-order valence-corrected chi connectivity index (χ3v) is 11.4. The van der Waals surface area contributed by atoms with Gasteiger partial charge in [-0.1, -0.05) is 103 Å². The van der Waals surface area contributed by atoms with Gasteiger partial charge >= 0.3 is 5.97 Å². The fourth-order valence-electron chi connectivity index (χ4n) is 3.37. The largest absolute Gasteiger partial charge is 0.466 e. The topological polar surface area (TPSA) is 35.5 Å². The summed E-state index contributed by atoms with van der Waals surface area (Å²) in [5.41, 5.74) is 3.43. The quantitative estimate of drug-likeness (QED) is 0.203. The highest BCUT2D eigenvalue weighted by atomic mass is 79.9. The Morgan fingerprint density at radius 2 is 1.62 bits per heavy atom. The molecule has 172 valence electrons. The van der Waals surface area contributed by atoms with E-state index in [0.29, 0.717) is 5.57 Å². The van der Waals surface area contributed by atoms with Gasteiger partial charge in [-0.2, -0.15) is 0 Å². The maximum Gasteiger partial charge on any atom is 0.333 e. The second-order valence-corrected chi connectivity index (χ2v) is 15.2. The highest BCUT2D eigenvalue weighted by Gasteiger charge is 2.43. The highest BCUT2D eigenvalue weighted by molar-refractivity contribution is 9.10. The molecule has 3 nitrogen and oxygen atoms in total. The Balaban J connectivity index is 2.70. The summed E-state index contributed by atoms with van der Waals surface area (Å²) >= 11 is 3.71. The van der Waals surface area contributed by atoms with Crippen LogP contribution >= 0.6 is 15.9 Å². The van der Waals surface area contributed by atoms with Gasteiger partial charge in [0.15, 0.2) is 8.32 Å². The monoisotopic (exact) mass is 514 g/mol. The van der Waals surface area contributed by atoms with E-state index >= 15 is 0 Å². The summed E-state index contributed by atoms with van der Waals surface area (Å²) < 4.78 is 13.0. The second-order valence-electron chi connectivity index (χ2n) is 9.61. The average Bonchev–Trinajstić information content (AvgIpc) is 2.72. The Morgan fingerprint density at radius 3 is 2.16 bits per heavy atom. The van der Waals surface area contributed by atoms with Gasteiger partial charge in [0.05, 0.1) is 13.2 Å². The molecule has 0 spiro atoms. The minimum absolute atomic E-state index is 0.000699. The van der Waals surface area contributed by atoms with Gasteiger partial charge in [-0.25, -0.2) is 4.79 Å². The van der Waals surface area contributed by atoms with Crippen molar-refractivity contribution < 1.29 is 14.0 Å². The predicted octanol–water partition coefficient (Wildman–Crippen LogP) is 7.96. The van der Waals surface area contributed by atoms with Crippen LogP contribution in [0.4, 0.5) is 0 Å². The number of carbonyl (C=O) groups is 1. The maximum absolute atomic E-state index is 12.7. The van der Waals surface area contributed by atoms with Crippen molar-refractivity contribution in [3.05, 3.63) is 87.9 Å². The molecule has 0 amide bonds. The van der Waals surface area contributed by atoms with Gasteiger partial charge in [-0.3, -0.25) is 0 Å². The van der Waals surface area contributed by atoms with Crippen LogP contribution in [0.25, 0.3) is 6.08 Å². The number of halogens is 1. The van der Waals surface area contributed by atoms with Gasteiger partial charge in [0.1, 0.15) is 0 Å². The molecule has 0 saturated carbocycles. The summed E-state index contributed by atoms with van der Waals surface area (Å²) in [5, 5.41) is 0.000699. The van der Waals surface area contributed by atoms with Crippen molar-refractivity contribution in [1.82, 2.24) is 0 Å². The molecule has 0 saturated heterocycles. The summed E-state index contributed by atoms with van der Waals surface area (Å²) in [5.74, 6) is -0.804. The van der Waals surface area contributed by atoms with Crippen molar-refractivity contribution in [3.8, 4) is 0 Å². The lowest BCUT2D eigenvalue weighted by atomic mass is 9.83. The van der Waals surface area contributed by atoms with Crippen LogP contribution in [0.1, 0.15) is 44.9 Å². The van der Waals surface area contributed by atoms with Gasteiger partial charge in [0.2, 0.25) is 0 Å². The summed E-state index contributed by atoms with van der Waals surface area (Å²) in [6, 6.07) is 18.1. The fraction of sp³-hybridized carbons (Fsp3) is 0.370. The molecular formula is C27H35BrO3Si. The zero-order chi connectivity index (χ0) is 24.1. The number of hydrogen-bond acceptors (Lipinski definition) is 3. The van der Waals surface area contributed by atoms with E-state index in [2.05, 4.69) is 68.5 Å². The lowest BCUT2D eigenvalue weighted by Gasteiger charge is -2.42. The van der Waals surface area contributed by atoms with Crippen LogP contribution in [0.15, 0.2) is 76.8 Å². The minimum atomic E-state index is -2.21. The summed E-state index contributed by atoms with van der Waals surface area (Å²) in [4.78, 5) is 12.7. The van der Waals surface area contributed by atoms with Crippen LogP contribution in [0.5, 0.6) is 0 Å². The van der Waals surface area contributed by atoms with Crippen LogP contribution in [0, 0.1) is 5.92 Å². The minimum Gasteiger partial charge on any atom is -0.466 e. The molecule has 32 heavy (non-hydrogen) atoms. The molecule has 0 N–H and O–H groups in total. The Morgan fingerprint density at radius 1 is 1.06 bits per heavy atom. The van der Waals surface area contributed by atoms with E-state index < -0.39 is 20.4 Å². The fourth-order valence-corrected chi connectivity index (χ4v) is 5.13. The van der Waals surface area contributed by atoms with Gasteiger partial charge < -0.3 is 9.16 Å². The molecule has 5 heteroatoms. The standard InChI is InChI=1S/C27H35BrO3Si/c1-19(18-21-14-10-9-11-15-21)24(20(2)26(29)30-6)25(22-16-12-13-17-23(22)28)31-32(7,8)27(3,4)5/h9-18,24-25H,2H2,1,3-8H3/b19-18+/t24-,25-/m0/s1. The normalized spacial score (nSPS) is 14.6. The van der Waals surface area contributed by atoms with Crippen LogP contribution < -0.4 is 0 Å². The number of benzene rings is 2. The highest BCUT2D eigenvalue weighted by Crippen LogP contribution is 2.46. The molecular weight excluding hydrogens is 480 g/mol. The van der Waals surface area contributed by atoms with E-state index in [1.807, 2.05) is 55.5 Å². The van der Waals surface area contributed by atoms with Gasteiger partial charge in [-0.05, 0) is 42.2 Å². The summed E-state index contributed by atoms with van der Waals surface area (Å²) in [6.45, 7) is 17.3. The molecule has 0 aliphatic rings. The number of esters is 1. The molecule has 2 rings (SSSR count). The molecule has 2 atom stereocenters. The van der Waals surface area contributed by atoms with Gasteiger partial charge in [0, 0.05) is 16.0 Å². The van der Waals surface area contributed by atoms with Crippen molar-refractivity contribution in [2.24, 2.45) is 5.92 Å². The van der Waals surface area contributed by atoms with Crippen LogP contribution in [-0.2, 0) is 14.0 Å². The number of methoxy groups -OCH3 is 1. The Hall–Kier alpha value is -1.95. The van der Waals surface area contributed by atoms with Crippen molar-refractivity contribution in [1.29, 1.82) is 0 Å². The number of carbonyl (C=O) groups excluding carboxylic acids is 1. The van der Waals surface area contributed by atoms with Crippen LogP contribution in [0.3, 0.4) is 0 Å². The molecule has 0 aromatic heterocycles. The molecule has 0 heterocycles. The van der Waals surface area contributed by atoms with Crippen LogP contribution in [-0.4, -0.2) is 21.4 Å². The van der Waals surface area contributed by atoms with E-state index in [1.165, 1.54) is 7.11 Å². The van der Waals surface area contributed by atoms with Gasteiger partial charge in [-0.15, -0.1) is 0 Å². The molecule has 0 bridgehead atoms. The first kappa shape index (κ1) is 26.3. The molecule has 2 aromatic carbocycles. The maximum atomic E-state index is 12.7. The first-order valence-corrected chi connectivity index (χ1v) is 14.5. The van der Waals surface area contributed by atoms with Gasteiger partial charge in [0.25, 0.3) is 0 Å². The van der Waals surface area contributed by atoms with Crippen molar-refractivity contribution in [3.63, 3.8) is 0 Å². The van der Waals surface area contributed by atoms with E-state index in [9.17, 15) is 4.79 Å². The van der Waals surface area contributed by atoms with E-state index in [1.54, 1.807) is 0 Å². The predicted molar refractivity (Wildman–Crippen MR) is 140 cm³/mol. The van der Waals surface area contributed by atoms with Crippen molar-refractivity contribution in [2.45, 2.75) is 51.9 Å². The Labute approximate surface area is 202 Å². The second kappa shape index (κ2) is 10.8. The Kier molecular flexibility index (Phi) is 8.86. The number of ether oxygens (including phenoxy) is 1. The molecule has 2 aromatic rings. The molecule has 0 unspecified atom stereocenters. The number of hydrogen-bond donors (Lipinski definition) is 0. The van der Waals surface area contributed by atoms with E-state index in [-0.39, 0.29) is 11.0 Å². The SMILES string of the molecule is C=C(C(=O)OC)[C@H](/C(C)=C/c1ccccc1)[C@@H](O[Si](C)(C)C(C)(C)C)c1ccccc1Br. The lowest BCUT2D eigenvalue weighted by molar-refractivity contribution is -0.137. The zero-order valence-corrected chi connectivity index (χ0v) is 22.8. The third kappa shape index (κ3) is 6.30. The smallest absolute Gasteiger partial charge is 0.333 e. The number of rotatable bonds is 8. The first-order chi connectivity index (χ1) is 14.9. The molecule has 0 radical (unpaired) electrons. The average molecular weight is 516 g/mol. The van der Waals surface area contributed by atoms with E-state index in [4.69, 9.17) is 9.16 Å². The lowest BCUT2D eigenvalue weighted by Crippen LogP contribution is -2.43. The molecule has 0 fully saturated rings. The van der Waals surface area contributed by atoms with E-state index in [0.717, 1.165) is 21.2 Å². The summed E-state index contributed by atoms with van der Waals surface area (Å²) in [6.07, 6.45) is 1.70. The van der Waals surface area contributed by atoms with Crippen molar-refractivity contribution in [2.75, 3.05) is 7.11 Å².